The van der Waals surface area contributed by atoms with E-state index in [1.165, 1.54) is 0 Å². The van der Waals surface area contributed by atoms with E-state index in [2.05, 4.69) is 20.1 Å². The first kappa shape index (κ1) is 34.8. The summed E-state index contributed by atoms with van der Waals surface area (Å²) in [7, 11) is 10.8. The number of methoxy groups -OCH3 is 2. The van der Waals surface area contributed by atoms with Crippen molar-refractivity contribution < 1.29 is 28.7 Å². The largest absolute Gasteiger partial charge is 0.496 e. The van der Waals surface area contributed by atoms with Gasteiger partial charge in [-0.25, -0.2) is 4.98 Å². The number of anilines is 1. The van der Waals surface area contributed by atoms with Crippen molar-refractivity contribution in [3.63, 3.8) is 0 Å². The van der Waals surface area contributed by atoms with E-state index in [4.69, 9.17) is 9.47 Å². The number of aromatic nitrogens is 2. The number of likely N-dealkylation sites (N-methyl/N-ethyl adjacent to an activating group) is 1. The number of rotatable bonds is 10. The average Bonchev–Trinajstić information content (AvgIpc) is 3.36. The Morgan fingerprint density at radius 1 is 0.923 bits per heavy atom. The van der Waals surface area contributed by atoms with E-state index in [1.54, 1.807) is 44.2 Å². The Morgan fingerprint density at radius 3 is 2.29 bits per heavy atom. The molecule has 4 aromatic rings. The topological polar surface area (TPSA) is 147 Å². The van der Waals surface area contributed by atoms with Gasteiger partial charge in [-0.15, -0.1) is 0 Å². The Kier molecular flexibility index (Phi) is 9.05. The van der Waals surface area contributed by atoms with E-state index >= 15 is 0 Å². The maximum Gasteiger partial charge on any atom is 0.262 e. The molecule has 0 saturated carbocycles. The zero-order chi connectivity index (χ0) is 37.0. The SMILES string of the molecule is COc1cc(-c2cn(C)c(=O)c3cnc(N(C)C)cc23)cc(OC)c1CN1CC(N(C)Cc2cccc3c2C(=O)N(C2CCC(=O)NC2=O)C3=O)C1. The molecule has 52 heavy (non-hydrogen) atoms. The van der Waals surface area contributed by atoms with Crippen molar-refractivity contribution in [3.05, 3.63) is 81.4 Å². The van der Waals surface area contributed by atoms with Crippen LogP contribution in [0.4, 0.5) is 5.82 Å². The molecule has 14 nitrogen and oxygen atoms in total. The summed E-state index contributed by atoms with van der Waals surface area (Å²) in [5.74, 6) is 0.0199. The van der Waals surface area contributed by atoms with Crippen molar-refractivity contribution in [1.82, 2.24) is 29.6 Å². The van der Waals surface area contributed by atoms with Gasteiger partial charge in [-0.05, 0) is 48.9 Å². The second-order valence-electron chi connectivity index (χ2n) is 13.9. The minimum absolute atomic E-state index is 0.0710. The Labute approximate surface area is 300 Å². The number of likely N-dealkylation sites (tertiary alicyclic amines) is 1. The maximum absolute atomic E-state index is 13.6. The standard InChI is InChI=1S/C38H41N7O7/c1-41(2)32-14-25-26(15-39-32)36(48)43(4)19-27(25)22-12-30(51-5)28(31(13-22)52-6)20-44-17-23(18-44)42(3)16-21-8-7-9-24-34(21)38(50)45(37(24)49)29-10-11-33(46)40-35(29)47/h7-9,12-15,19,23,29H,10-11,16-18,20H2,1-6H3,(H,40,46,47). The number of hydrogen-bond donors (Lipinski definition) is 1. The van der Waals surface area contributed by atoms with E-state index in [1.807, 2.05) is 56.5 Å². The molecule has 4 amide bonds. The quantitative estimate of drug-likeness (QED) is 0.243. The van der Waals surface area contributed by atoms with Crippen LogP contribution in [0.2, 0.25) is 0 Å². The molecule has 3 aliphatic rings. The second-order valence-corrected chi connectivity index (χ2v) is 13.9. The molecule has 5 heterocycles. The average molecular weight is 708 g/mol. The number of ether oxygens (including phenoxy) is 2. The Balaban J connectivity index is 1.07. The number of piperidine rings is 1. The van der Waals surface area contributed by atoms with Crippen molar-refractivity contribution in [2.75, 3.05) is 53.4 Å². The minimum Gasteiger partial charge on any atom is -0.496 e. The smallest absolute Gasteiger partial charge is 0.262 e. The van der Waals surface area contributed by atoms with Crippen LogP contribution >= 0.6 is 0 Å². The predicted octanol–water partition coefficient (Wildman–Crippen LogP) is 2.40. The highest BCUT2D eigenvalue weighted by atomic mass is 16.5. The molecule has 0 aliphatic carbocycles. The van der Waals surface area contributed by atoms with E-state index in [9.17, 15) is 24.0 Å². The second kappa shape index (κ2) is 13.5. The van der Waals surface area contributed by atoms with Gasteiger partial charge in [-0.1, -0.05) is 12.1 Å². The van der Waals surface area contributed by atoms with Crippen molar-refractivity contribution in [2.24, 2.45) is 7.05 Å². The highest BCUT2D eigenvalue weighted by Crippen LogP contribution is 2.39. The molecule has 0 bridgehead atoms. The number of carbonyl (C=O) groups is 4. The van der Waals surface area contributed by atoms with Crippen LogP contribution in [0.3, 0.4) is 0 Å². The normalized spacial score (nSPS) is 17.8. The van der Waals surface area contributed by atoms with Gasteiger partial charge < -0.3 is 18.9 Å². The van der Waals surface area contributed by atoms with Crippen LogP contribution in [0.5, 0.6) is 11.5 Å². The minimum atomic E-state index is -1.01. The van der Waals surface area contributed by atoms with Gasteiger partial charge in [0.2, 0.25) is 11.8 Å². The van der Waals surface area contributed by atoms with Crippen LogP contribution in [-0.2, 0) is 29.7 Å². The summed E-state index contributed by atoms with van der Waals surface area (Å²) in [5, 5.41) is 3.55. The highest BCUT2D eigenvalue weighted by molar-refractivity contribution is 6.24. The predicted molar refractivity (Wildman–Crippen MR) is 193 cm³/mol. The molecule has 0 radical (unpaired) electrons. The van der Waals surface area contributed by atoms with Crippen molar-refractivity contribution >= 4 is 40.2 Å². The van der Waals surface area contributed by atoms with Crippen LogP contribution in [0.15, 0.2) is 53.6 Å². The van der Waals surface area contributed by atoms with Crippen LogP contribution in [-0.4, -0.2) is 108 Å². The molecule has 14 heteroatoms. The number of hydrogen-bond acceptors (Lipinski definition) is 11. The zero-order valence-electron chi connectivity index (χ0n) is 30.1. The number of aryl methyl sites for hydroxylation is 1. The number of nitrogens with zero attached hydrogens (tertiary/aromatic N) is 6. The molecular weight excluding hydrogens is 666 g/mol. The van der Waals surface area contributed by atoms with Crippen molar-refractivity contribution in [2.45, 2.75) is 38.0 Å². The number of fused-ring (bicyclic) bond motifs is 2. The first-order valence-electron chi connectivity index (χ1n) is 17.1. The lowest BCUT2D eigenvalue weighted by molar-refractivity contribution is -0.136. The van der Waals surface area contributed by atoms with Gasteiger partial charge >= 0.3 is 0 Å². The van der Waals surface area contributed by atoms with Gasteiger partial charge in [0.15, 0.2) is 0 Å². The number of amides is 4. The molecule has 2 aromatic carbocycles. The molecule has 2 aromatic heterocycles. The van der Waals surface area contributed by atoms with Crippen LogP contribution in [0.1, 0.15) is 44.7 Å². The van der Waals surface area contributed by atoms with E-state index in [-0.39, 0.29) is 30.0 Å². The molecule has 1 N–H and O–H groups in total. The summed E-state index contributed by atoms with van der Waals surface area (Å²) in [4.78, 5) is 75.9. The molecule has 1 unspecified atom stereocenters. The summed E-state index contributed by atoms with van der Waals surface area (Å²) in [5.41, 5.74) is 3.77. The van der Waals surface area contributed by atoms with E-state index in [0.717, 1.165) is 45.9 Å². The molecular formula is C38H41N7O7. The first-order valence-corrected chi connectivity index (χ1v) is 17.1. The molecule has 0 spiro atoms. The Morgan fingerprint density at radius 2 is 1.63 bits per heavy atom. The lowest BCUT2D eigenvalue weighted by atomic mass is 9.97. The van der Waals surface area contributed by atoms with Crippen LogP contribution in [0.25, 0.3) is 21.9 Å². The Bertz CT molecular complexity index is 2180. The van der Waals surface area contributed by atoms with E-state index in [0.29, 0.717) is 41.1 Å². The summed E-state index contributed by atoms with van der Waals surface area (Å²) in [6.45, 7) is 2.51. The number of pyridine rings is 2. The third-order valence-corrected chi connectivity index (χ3v) is 10.3. The van der Waals surface area contributed by atoms with Gasteiger partial charge in [-0.2, -0.15) is 0 Å². The van der Waals surface area contributed by atoms with Gasteiger partial charge in [0.1, 0.15) is 23.4 Å². The van der Waals surface area contributed by atoms with Crippen LogP contribution < -0.4 is 25.2 Å². The number of benzene rings is 2. The highest BCUT2D eigenvalue weighted by Gasteiger charge is 2.45. The molecule has 7 rings (SSSR count). The summed E-state index contributed by atoms with van der Waals surface area (Å²) >= 11 is 0. The molecule has 1 atom stereocenters. The fourth-order valence-corrected chi connectivity index (χ4v) is 7.41. The fourth-order valence-electron chi connectivity index (χ4n) is 7.41. The van der Waals surface area contributed by atoms with Gasteiger partial charge in [0.25, 0.3) is 17.4 Å². The number of imide groups is 2. The van der Waals surface area contributed by atoms with Crippen LogP contribution in [0, 0.1) is 0 Å². The molecule has 2 saturated heterocycles. The van der Waals surface area contributed by atoms with Gasteiger partial charge in [-0.3, -0.25) is 44.0 Å². The van der Waals surface area contributed by atoms with Crippen molar-refractivity contribution in [3.8, 4) is 22.6 Å². The fraction of sp³-hybridized carbons (Fsp3) is 0.368. The third kappa shape index (κ3) is 5.97. The molecule has 3 aliphatic heterocycles. The lowest BCUT2D eigenvalue weighted by Crippen LogP contribution is -2.57. The Hall–Kier alpha value is -5.60. The molecule has 270 valence electrons. The number of nitrogens with one attached hydrogen (secondary N) is 1. The number of carbonyl (C=O) groups excluding carboxylic acids is 4. The van der Waals surface area contributed by atoms with Gasteiger partial charge in [0, 0.05) is 83.1 Å². The first-order chi connectivity index (χ1) is 24.9. The van der Waals surface area contributed by atoms with E-state index < -0.39 is 29.7 Å². The van der Waals surface area contributed by atoms with Crippen molar-refractivity contribution in [1.29, 1.82) is 0 Å². The summed E-state index contributed by atoms with van der Waals surface area (Å²) < 4.78 is 13.4. The molecule has 2 fully saturated rings. The zero-order valence-corrected chi connectivity index (χ0v) is 30.1. The summed E-state index contributed by atoms with van der Waals surface area (Å²) in [6, 6.07) is 10.3. The lowest BCUT2D eigenvalue weighted by Gasteiger charge is -2.44. The summed E-state index contributed by atoms with van der Waals surface area (Å²) in [6.07, 6.45) is 3.63. The van der Waals surface area contributed by atoms with Gasteiger partial charge in [0.05, 0.1) is 36.3 Å². The maximum atomic E-state index is 13.6. The monoisotopic (exact) mass is 707 g/mol. The third-order valence-electron chi connectivity index (χ3n) is 10.3.